The lowest BCUT2D eigenvalue weighted by Gasteiger charge is -2.16. The number of hydrogen-bond acceptors (Lipinski definition) is 4. The Labute approximate surface area is 93.1 Å². The summed E-state index contributed by atoms with van der Waals surface area (Å²) in [6.45, 7) is -1.32. The molecule has 0 heterocycles. The van der Waals surface area contributed by atoms with Gasteiger partial charge in [-0.3, -0.25) is 9.32 Å². The van der Waals surface area contributed by atoms with Crippen LogP contribution in [0.5, 0.6) is 5.75 Å². The van der Waals surface area contributed by atoms with E-state index in [2.05, 4.69) is 0 Å². The van der Waals surface area contributed by atoms with Crippen molar-refractivity contribution in [2.24, 2.45) is 0 Å². The second-order valence-corrected chi connectivity index (χ2v) is 5.40. The highest BCUT2D eigenvalue weighted by Crippen LogP contribution is 2.44. The molecule has 1 rings (SSSR count). The van der Waals surface area contributed by atoms with Gasteiger partial charge < -0.3 is 9.42 Å². The van der Waals surface area contributed by atoms with Crippen LogP contribution in [0.1, 0.15) is 17.3 Å². The molecule has 82 valence electrons. The number of carbonyl (C=O) groups is 1. The number of carbonyl (C=O) groups excluding carboxylic acids is 1. The number of hydrogen-bond donors (Lipinski definition) is 1. The highest BCUT2D eigenvalue weighted by molar-refractivity contribution is 8.07. The van der Waals surface area contributed by atoms with Gasteiger partial charge in [0.05, 0.1) is 12.2 Å². The highest BCUT2D eigenvalue weighted by Gasteiger charge is 2.17. The molecule has 0 saturated heterocycles. The molecule has 0 spiro atoms. The highest BCUT2D eigenvalue weighted by atomic mass is 32.5. The van der Waals surface area contributed by atoms with E-state index in [1.54, 1.807) is 31.2 Å². The molecule has 0 aliphatic carbocycles. The maximum atomic E-state index is 10.6. The zero-order chi connectivity index (χ0) is 11.3. The second kappa shape index (κ2) is 5.37. The van der Waals surface area contributed by atoms with Crippen molar-refractivity contribution in [3.8, 4) is 5.75 Å². The summed E-state index contributed by atoms with van der Waals surface area (Å²) in [5.74, 6) is 0.242. The van der Waals surface area contributed by atoms with Gasteiger partial charge in [-0.1, -0.05) is 12.1 Å². The van der Waals surface area contributed by atoms with E-state index in [1.165, 1.54) is 0 Å². The molecule has 0 radical (unpaired) electrons. The molecular formula is C9H11O4PS. The Morgan fingerprint density at radius 1 is 1.53 bits per heavy atom. The van der Waals surface area contributed by atoms with E-state index in [0.717, 1.165) is 0 Å². The van der Waals surface area contributed by atoms with Crippen LogP contribution in [0.4, 0.5) is 0 Å². The van der Waals surface area contributed by atoms with Crippen LogP contribution in [0.3, 0.4) is 0 Å². The molecule has 6 heteroatoms. The van der Waals surface area contributed by atoms with Crippen molar-refractivity contribution in [2.45, 2.75) is 6.92 Å². The standard InChI is InChI=1S/C9H11O4PS/c1-2-12-14(11,15)13-9-6-4-3-5-8(9)7-10/h3-7H,2H2,1H3,(H,11,15). The topological polar surface area (TPSA) is 55.8 Å². The Balaban J connectivity index is 2.89. The van der Waals surface area contributed by atoms with Crippen LogP contribution in [-0.2, 0) is 16.3 Å². The molecule has 0 bridgehead atoms. The molecule has 0 aliphatic rings. The second-order valence-electron chi connectivity index (χ2n) is 2.63. The molecule has 1 atom stereocenters. The molecule has 1 aromatic carbocycles. The van der Waals surface area contributed by atoms with Gasteiger partial charge in [0, 0.05) is 11.8 Å². The SMILES string of the molecule is CCOP(O)(=S)Oc1ccccc1C=O. The van der Waals surface area contributed by atoms with Crippen LogP contribution in [0.2, 0.25) is 0 Å². The van der Waals surface area contributed by atoms with Gasteiger partial charge >= 0.3 is 6.72 Å². The van der Waals surface area contributed by atoms with E-state index < -0.39 is 6.72 Å². The molecule has 1 aromatic rings. The quantitative estimate of drug-likeness (QED) is 0.637. The lowest BCUT2D eigenvalue weighted by atomic mass is 10.2. The fourth-order valence-electron chi connectivity index (χ4n) is 0.975. The largest absolute Gasteiger partial charge is 0.423 e. The molecule has 0 aromatic heterocycles. The number of rotatable bonds is 5. The van der Waals surface area contributed by atoms with Crippen LogP contribution >= 0.6 is 6.72 Å². The Hall–Kier alpha value is -0.740. The van der Waals surface area contributed by atoms with Crippen LogP contribution < -0.4 is 4.52 Å². The molecule has 0 amide bonds. The van der Waals surface area contributed by atoms with Gasteiger partial charge in [-0.2, -0.15) is 0 Å². The van der Waals surface area contributed by atoms with Gasteiger partial charge in [-0.25, -0.2) is 0 Å². The van der Waals surface area contributed by atoms with E-state index in [-0.39, 0.29) is 12.4 Å². The van der Waals surface area contributed by atoms with Gasteiger partial charge in [-0.15, -0.1) is 0 Å². The smallest absolute Gasteiger partial charge is 0.377 e. The van der Waals surface area contributed by atoms with E-state index in [4.69, 9.17) is 20.9 Å². The Morgan fingerprint density at radius 3 is 2.80 bits per heavy atom. The minimum absolute atomic E-state index is 0.242. The molecule has 15 heavy (non-hydrogen) atoms. The maximum absolute atomic E-state index is 10.6. The van der Waals surface area contributed by atoms with Crippen LogP contribution in [-0.4, -0.2) is 17.8 Å². The first-order chi connectivity index (χ1) is 7.09. The summed E-state index contributed by atoms with van der Waals surface area (Å²) in [6, 6.07) is 6.51. The van der Waals surface area contributed by atoms with Gasteiger partial charge in [0.1, 0.15) is 5.75 Å². The number of aldehydes is 1. The van der Waals surface area contributed by atoms with Crippen LogP contribution in [0.15, 0.2) is 24.3 Å². The first kappa shape index (κ1) is 12.3. The summed E-state index contributed by atoms with van der Waals surface area (Å²) >= 11 is 4.74. The number of para-hydroxylation sites is 1. The maximum Gasteiger partial charge on any atom is 0.377 e. The first-order valence-corrected chi connectivity index (χ1v) is 6.89. The fourth-order valence-corrected chi connectivity index (χ4v) is 2.33. The van der Waals surface area contributed by atoms with E-state index in [0.29, 0.717) is 11.8 Å². The third-order valence-corrected chi connectivity index (χ3v) is 3.10. The average molecular weight is 246 g/mol. The van der Waals surface area contributed by atoms with Gasteiger partial charge in [0.25, 0.3) is 0 Å². The Morgan fingerprint density at radius 2 is 2.20 bits per heavy atom. The molecule has 0 fully saturated rings. The molecule has 0 saturated carbocycles. The lowest BCUT2D eigenvalue weighted by molar-refractivity contribution is 0.112. The zero-order valence-corrected chi connectivity index (χ0v) is 9.83. The lowest BCUT2D eigenvalue weighted by Crippen LogP contribution is -1.98. The molecule has 4 nitrogen and oxygen atoms in total. The van der Waals surface area contributed by atoms with Crippen molar-refractivity contribution >= 4 is 24.8 Å². The molecule has 0 aliphatic heterocycles. The Bertz CT molecular complexity index is 393. The fraction of sp³-hybridized carbons (Fsp3) is 0.222. The zero-order valence-electron chi connectivity index (χ0n) is 8.12. The van der Waals surface area contributed by atoms with Crippen molar-refractivity contribution < 1.29 is 18.7 Å². The molecular weight excluding hydrogens is 235 g/mol. The predicted octanol–water partition coefficient (Wildman–Crippen LogP) is 2.13. The molecule has 1 N–H and O–H groups in total. The summed E-state index contributed by atoms with van der Waals surface area (Å²) < 4.78 is 9.97. The summed E-state index contributed by atoms with van der Waals surface area (Å²) in [4.78, 5) is 20.2. The summed E-state index contributed by atoms with van der Waals surface area (Å²) in [7, 11) is 0. The van der Waals surface area contributed by atoms with Gasteiger partial charge in [0.2, 0.25) is 0 Å². The van der Waals surface area contributed by atoms with E-state index in [9.17, 15) is 9.69 Å². The summed E-state index contributed by atoms with van der Waals surface area (Å²) in [6.07, 6.45) is 0.636. The molecule has 1 unspecified atom stereocenters. The van der Waals surface area contributed by atoms with Crippen molar-refractivity contribution in [1.82, 2.24) is 0 Å². The third kappa shape index (κ3) is 3.72. The van der Waals surface area contributed by atoms with Crippen molar-refractivity contribution in [2.75, 3.05) is 6.61 Å². The summed E-state index contributed by atoms with van der Waals surface area (Å²) in [5, 5.41) is 0. The van der Waals surface area contributed by atoms with Crippen molar-refractivity contribution in [1.29, 1.82) is 0 Å². The van der Waals surface area contributed by atoms with Crippen molar-refractivity contribution in [3.05, 3.63) is 29.8 Å². The van der Waals surface area contributed by atoms with Gasteiger partial charge in [0.15, 0.2) is 6.29 Å². The van der Waals surface area contributed by atoms with E-state index >= 15 is 0 Å². The minimum atomic E-state index is -3.28. The minimum Gasteiger partial charge on any atom is -0.423 e. The monoisotopic (exact) mass is 246 g/mol. The Kier molecular flexibility index (Phi) is 4.42. The predicted molar refractivity (Wildman–Crippen MR) is 60.6 cm³/mol. The van der Waals surface area contributed by atoms with Crippen molar-refractivity contribution in [3.63, 3.8) is 0 Å². The van der Waals surface area contributed by atoms with Crippen LogP contribution in [0.25, 0.3) is 0 Å². The first-order valence-electron chi connectivity index (χ1n) is 4.30. The number of benzene rings is 1. The van der Waals surface area contributed by atoms with Gasteiger partial charge in [-0.05, 0) is 19.1 Å². The third-order valence-electron chi connectivity index (χ3n) is 1.55. The van der Waals surface area contributed by atoms with Crippen LogP contribution in [0, 0.1) is 0 Å². The average Bonchev–Trinajstić information content (AvgIpc) is 2.17. The summed E-state index contributed by atoms with van der Waals surface area (Å²) in [5.41, 5.74) is 0.334. The normalized spacial score (nSPS) is 14.3. The van der Waals surface area contributed by atoms with E-state index in [1.807, 2.05) is 0 Å².